The Balaban J connectivity index is 1.26. The van der Waals surface area contributed by atoms with Gasteiger partial charge in [0.05, 0.1) is 13.3 Å². The maximum absolute atomic E-state index is 12.6. The van der Waals surface area contributed by atoms with Gasteiger partial charge in [0.25, 0.3) is 0 Å². The molecule has 10 heteroatoms. The van der Waals surface area contributed by atoms with Crippen LogP contribution < -0.4 is 15.0 Å². The molecule has 1 aliphatic carbocycles. The van der Waals surface area contributed by atoms with Crippen LogP contribution in [0.4, 0.5) is 16.3 Å². The number of pyridine rings is 1. The molecule has 1 N–H and O–H groups in total. The third-order valence-electron chi connectivity index (χ3n) is 8.49. The Bertz CT molecular complexity index is 1610. The van der Waals surface area contributed by atoms with E-state index in [1.165, 1.54) is 36.4 Å². The zero-order valence-corrected chi connectivity index (χ0v) is 28.9. The van der Waals surface area contributed by atoms with Crippen molar-refractivity contribution < 1.29 is 23.8 Å². The van der Waals surface area contributed by atoms with E-state index in [1.807, 2.05) is 24.3 Å². The molecule has 0 bridgehead atoms. The Morgan fingerprint density at radius 2 is 1.72 bits per heavy atom. The summed E-state index contributed by atoms with van der Waals surface area (Å²) in [6.07, 6.45) is 4.25. The van der Waals surface area contributed by atoms with Crippen molar-refractivity contribution in [2.45, 2.75) is 59.5 Å². The van der Waals surface area contributed by atoms with Gasteiger partial charge in [0.15, 0.2) is 0 Å². The molecule has 0 radical (unpaired) electrons. The van der Waals surface area contributed by atoms with Crippen LogP contribution in [0.5, 0.6) is 11.5 Å². The molecule has 1 saturated heterocycles. The van der Waals surface area contributed by atoms with Gasteiger partial charge >= 0.3 is 12.1 Å². The highest BCUT2D eigenvalue weighted by Crippen LogP contribution is 2.43. The molecule has 1 aliphatic heterocycles. The molecule has 9 nitrogen and oxygen atoms in total. The molecule has 5 rings (SSSR count). The van der Waals surface area contributed by atoms with Gasteiger partial charge in [0.2, 0.25) is 0 Å². The average molecular weight is 661 g/mol. The number of hydrogen-bond donors (Lipinski definition) is 1. The summed E-state index contributed by atoms with van der Waals surface area (Å²) in [4.78, 5) is 33.8. The summed E-state index contributed by atoms with van der Waals surface area (Å²) in [6.45, 7) is 14.6. The number of amides is 1. The van der Waals surface area contributed by atoms with E-state index in [4.69, 9.17) is 25.8 Å². The van der Waals surface area contributed by atoms with Crippen molar-refractivity contribution in [2.75, 3.05) is 50.1 Å². The predicted octanol–water partition coefficient (Wildman–Crippen LogP) is 8.45. The van der Waals surface area contributed by atoms with Gasteiger partial charge in [-0.3, -0.25) is 10.2 Å². The van der Waals surface area contributed by atoms with Gasteiger partial charge in [0, 0.05) is 49.5 Å². The second-order valence-electron chi connectivity index (χ2n) is 14.0. The number of allylic oxidation sites excluding steroid dienone is 1. The molecule has 1 amide bonds. The number of hydrogen-bond acceptors (Lipinski definition) is 8. The monoisotopic (exact) mass is 660 g/mol. The second-order valence-corrected chi connectivity index (χ2v) is 14.4. The van der Waals surface area contributed by atoms with E-state index in [0.29, 0.717) is 22.9 Å². The fourth-order valence-corrected chi connectivity index (χ4v) is 6.14. The third kappa shape index (κ3) is 9.26. The molecule has 0 unspecified atom stereocenters. The summed E-state index contributed by atoms with van der Waals surface area (Å²) in [6, 6.07) is 17.1. The number of halogens is 1. The zero-order valence-electron chi connectivity index (χ0n) is 28.2. The standard InChI is InChI=1S/C37H45ClN4O5/c1-36(2,3)47-35(44)40-33-14-12-29(23-39-33)46-32-21-28(11-13-30(32)34(43)45-6)42-19-17-41(18-20-42)24-26-15-16-37(4,5)22-31(26)25-7-9-27(38)10-8-25/h7-14,21,23H,15-20,22,24H2,1-6H3,(H,39,40,44). The molecule has 250 valence electrons. The Morgan fingerprint density at radius 1 is 1.00 bits per heavy atom. The summed E-state index contributed by atoms with van der Waals surface area (Å²) < 4.78 is 16.5. The molecule has 0 atom stereocenters. The molecule has 2 heterocycles. The maximum atomic E-state index is 12.6. The number of methoxy groups -OCH3 is 1. The Kier molecular flexibility index (Phi) is 10.5. The molecule has 1 fully saturated rings. The average Bonchev–Trinajstić information content (AvgIpc) is 3.02. The second kappa shape index (κ2) is 14.4. The minimum atomic E-state index is -0.624. The quantitative estimate of drug-likeness (QED) is 0.241. The van der Waals surface area contributed by atoms with Crippen molar-refractivity contribution in [2.24, 2.45) is 5.41 Å². The molecule has 0 saturated carbocycles. The normalized spacial score (nSPS) is 16.9. The van der Waals surface area contributed by atoms with E-state index >= 15 is 0 Å². The first-order valence-electron chi connectivity index (χ1n) is 16.1. The maximum Gasteiger partial charge on any atom is 0.413 e. The molecule has 47 heavy (non-hydrogen) atoms. The van der Waals surface area contributed by atoms with Crippen molar-refractivity contribution in [3.05, 3.63) is 82.5 Å². The fourth-order valence-electron chi connectivity index (χ4n) is 6.02. The van der Waals surface area contributed by atoms with Crippen molar-refractivity contribution >= 4 is 40.7 Å². The Hall–Kier alpha value is -4.08. The van der Waals surface area contributed by atoms with E-state index in [2.05, 4.69) is 46.1 Å². The SMILES string of the molecule is COC(=O)c1ccc(N2CCN(CC3=C(c4ccc(Cl)cc4)CC(C)(C)CC3)CC2)cc1Oc1ccc(NC(=O)OC(C)(C)C)nc1. The summed E-state index contributed by atoms with van der Waals surface area (Å²) in [7, 11) is 1.35. The number of ether oxygens (including phenoxy) is 3. The van der Waals surface area contributed by atoms with E-state index < -0.39 is 17.7 Å². The van der Waals surface area contributed by atoms with Crippen LogP contribution in [0, 0.1) is 5.41 Å². The van der Waals surface area contributed by atoms with Gasteiger partial charge in [-0.1, -0.05) is 43.2 Å². The lowest BCUT2D eigenvalue weighted by Gasteiger charge is -2.39. The first-order valence-corrected chi connectivity index (χ1v) is 16.5. The number of nitrogens with zero attached hydrogens (tertiary/aromatic N) is 3. The van der Waals surface area contributed by atoms with Gasteiger partial charge < -0.3 is 19.1 Å². The van der Waals surface area contributed by atoms with E-state index in [1.54, 1.807) is 39.0 Å². The molecule has 2 aromatic carbocycles. The van der Waals surface area contributed by atoms with Crippen LogP contribution in [0.15, 0.2) is 66.4 Å². The molecular formula is C37H45ClN4O5. The van der Waals surface area contributed by atoms with E-state index in [0.717, 1.165) is 56.3 Å². The van der Waals surface area contributed by atoms with Gasteiger partial charge in [-0.25, -0.2) is 14.6 Å². The number of anilines is 2. The lowest BCUT2D eigenvalue weighted by Crippen LogP contribution is -2.47. The number of esters is 1. The van der Waals surface area contributed by atoms with Crippen LogP contribution >= 0.6 is 11.6 Å². The van der Waals surface area contributed by atoms with Crippen LogP contribution in [0.1, 0.15) is 69.8 Å². The highest BCUT2D eigenvalue weighted by atomic mass is 35.5. The minimum Gasteiger partial charge on any atom is -0.465 e. The van der Waals surface area contributed by atoms with Gasteiger partial charge in [-0.15, -0.1) is 0 Å². The number of rotatable bonds is 8. The Labute approximate surface area is 282 Å². The fraction of sp³-hybridized carbons (Fsp3) is 0.432. The number of nitrogens with one attached hydrogen (secondary N) is 1. The number of carbonyl (C=O) groups excluding carboxylic acids is 2. The summed E-state index contributed by atoms with van der Waals surface area (Å²) in [5, 5.41) is 3.37. The predicted molar refractivity (Wildman–Crippen MR) is 187 cm³/mol. The van der Waals surface area contributed by atoms with Crippen molar-refractivity contribution in [1.82, 2.24) is 9.88 Å². The van der Waals surface area contributed by atoms with Gasteiger partial charge in [-0.2, -0.15) is 0 Å². The highest BCUT2D eigenvalue weighted by molar-refractivity contribution is 6.30. The number of carbonyl (C=O) groups is 2. The van der Waals surface area contributed by atoms with Crippen LogP contribution in [-0.2, 0) is 9.47 Å². The van der Waals surface area contributed by atoms with Crippen LogP contribution in [0.2, 0.25) is 5.02 Å². The molecular weight excluding hydrogens is 616 g/mol. The summed E-state index contributed by atoms with van der Waals surface area (Å²) >= 11 is 6.20. The van der Waals surface area contributed by atoms with Crippen molar-refractivity contribution in [3.63, 3.8) is 0 Å². The lowest BCUT2D eigenvalue weighted by atomic mass is 9.72. The summed E-state index contributed by atoms with van der Waals surface area (Å²) in [5.41, 5.74) is 5.20. The first kappa shape index (κ1) is 34.3. The van der Waals surface area contributed by atoms with Crippen LogP contribution in [0.3, 0.4) is 0 Å². The van der Waals surface area contributed by atoms with Crippen molar-refractivity contribution in [3.8, 4) is 11.5 Å². The number of benzene rings is 2. The molecule has 3 aromatic rings. The van der Waals surface area contributed by atoms with Crippen molar-refractivity contribution in [1.29, 1.82) is 0 Å². The number of piperazine rings is 1. The highest BCUT2D eigenvalue weighted by Gasteiger charge is 2.29. The Morgan fingerprint density at radius 3 is 2.36 bits per heavy atom. The minimum absolute atomic E-state index is 0.280. The molecule has 0 spiro atoms. The van der Waals surface area contributed by atoms with Crippen LogP contribution in [0.25, 0.3) is 5.57 Å². The lowest BCUT2D eigenvalue weighted by molar-refractivity contribution is 0.0595. The molecule has 2 aliphatic rings. The smallest absolute Gasteiger partial charge is 0.413 e. The topological polar surface area (TPSA) is 93.2 Å². The van der Waals surface area contributed by atoms with Gasteiger partial charge in [-0.05, 0) is 93.0 Å². The van der Waals surface area contributed by atoms with E-state index in [9.17, 15) is 9.59 Å². The number of aromatic nitrogens is 1. The molecule has 1 aromatic heterocycles. The first-order chi connectivity index (χ1) is 22.3. The van der Waals surface area contributed by atoms with Crippen LogP contribution in [-0.4, -0.2) is 67.4 Å². The van der Waals surface area contributed by atoms with Gasteiger partial charge in [0.1, 0.15) is 28.5 Å². The van der Waals surface area contributed by atoms with E-state index in [-0.39, 0.29) is 5.41 Å². The summed E-state index contributed by atoms with van der Waals surface area (Å²) in [5.74, 6) is 0.605. The largest absolute Gasteiger partial charge is 0.465 e. The third-order valence-corrected chi connectivity index (χ3v) is 8.75. The zero-order chi connectivity index (χ0) is 33.8.